The zero-order valence-electron chi connectivity index (χ0n) is 11.0. The maximum Gasteiger partial charge on any atom is 0.256 e. The lowest BCUT2D eigenvalue weighted by Gasteiger charge is -2.20. The van der Waals surface area contributed by atoms with Gasteiger partial charge in [-0.2, -0.15) is 0 Å². The first kappa shape index (κ1) is 13.0. The third kappa shape index (κ3) is 2.94. The third-order valence-electron chi connectivity index (χ3n) is 3.57. The van der Waals surface area contributed by atoms with Crippen LogP contribution in [0.5, 0.6) is 0 Å². The number of hydrogen-bond acceptors (Lipinski definition) is 5. The first-order chi connectivity index (χ1) is 9.36. The van der Waals surface area contributed by atoms with Crippen molar-refractivity contribution < 1.29 is 9.15 Å². The fraction of sp³-hybridized carbons (Fsp3) is 0.500. The van der Waals surface area contributed by atoms with E-state index in [0.29, 0.717) is 12.0 Å². The van der Waals surface area contributed by atoms with Crippen molar-refractivity contribution in [3.8, 4) is 0 Å². The molecule has 5 heteroatoms. The average molecular weight is 278 g/mol. The van der Waals surface area contributed by atoms with Gasteiger partial charge in [0.1, 0.15) is 5.52 Å². The van der Waals surface area contributed by atoms with Gasteiger partial charge in [0.25, 0.3) is 5.22 Å². The summed E-state index contributed by atoms with van der Waals surface area (Å²) >= 11 is 1.67. The summed E-state index contributed by atoms with van der Waals surface area (Å²) in [7, 11) is 2.01. The van der Waals surface area contributed by atoms with E-state index in [0.717, 1.165) is 41.7 Å². The molecule has 1 fully saturated rings. The number of oxazole rings is 1. The normalized spacial score (nSPS) is 21.0. The van der Waals surface area contributed by atoms with Crippen LogP contribution in [0.15, 0.2) is 33.9 Å². The van der Waals surface area contributed by atoms with Gasteiger partial charge in [0.15, 0.2) is 5.58 Å². The molecule has 0 aliphatic carbocycles. The molecule has 19 heavy (non-hydrogen) atoms. The molecule has 0 radical (unpaired) electrons. The summed E-state index contributed by atoms with van der Waals surface area (Å²) in [6, 6.07) is 8.32. The van der Waals surface area contributed by atoms with Gasteiger partial charge < -0.3 is 14.5 Å². The summed E-state index contributed by atoms with van der Waals surface area (Å²) in [5.41, 5.74) is 1.78. The van der Waals surface area contributed by atoms with E-state index in [-0.39, 0.29) is 0 Å². The van der Waals surface area contributed by atoms with Gasteiger partial charge in [-0.1, -0.05) is 23.9 Å². The number of nitrogens with one attached hydrogen (secondary N) is 1. The molecule has 2 heterocycles. The minimum absolute atomic E-state index is 0.447. The van der Waals surface area contributed by atoms with Crippen molar-refractivity contribution in [1.29, 1.82) is 0 Å². The molecule has 1 aliphatic heterocycles. The summed E-state index contributed by atoms with van der Waals surface area (Å²) in [5, 5.41) is 4.13. The fourth-order valence-corrected chi connectivity index (χ4v) is 3.47. The molecule has 1 aliphatic rings. The molecule has 3 rings (SSSR count). The smallest absolute Gasteiger partial charge is 0.256 e. The summed E-state index contributed by atoms with van der Waals surface area (Å²) in [4.78, 5) is 4.48. The van der Waals surface area contributed by atoms with Crippen LogP contribution in [-0.2, 0) is 4.74 Å². The summed E-state index contributed by atoms with van der Waals surface area (Å²) < 4.78 is 11.2. The molecule has 4 nitrogen and oxygen atoms in total. The Morgan fingerprint density at radius 1 is 1.47 bits per heavy atom. The topological polar surface area (TPSA) is 47.3 Å². The van der Waals surface area contributed by atoms with E-state index in [2.05, 4.69) is 10.3 Å². The number of fused-ring (bicyclic) bond motifs is 1. The van der Waals surface area contributed by atoms with Crippen LogP contribution in [0.25, 0.3) is 11.1 Å². The van der Waals surface area contributed by atoms with Crippen LogP contribution < -0.4 is 5.32 Å². The summed E-state index contributed by atoms with van der Waals surface area (Å²) in [6.07, 6.45) is 1.14. The molecule has 0 amide bonds. The molecule has 1 aromatic heterocycles. The third-order valence-corrected chi connectivity index (χ3v) is 4.51. The Hall–Kier alpha value is -1.04. The highest BCUT2D eigenvalue weighted by molar-refractivity contribution is 7.99. The van der Waals surface area contributed by atoms with Crippen molar-refractivity contribution in [2.75, 3.05) is 26.0 Å². The van der Waals surface area contributed by atoms with Crippen molar-refractivity contribution in [3.05, 3.63) is 24.3 Å². The second kappa shape index (κ2) is 5.94. The lowest BCUT2D eigenvalue weighted by Crippen LogP contribution is -2.36. The zero-order chi connectivity index (χ0) is 13.1. The Morgan fingerprint density at radius 3 is 3.11 bits per heavy atom. The number of ether oxygens (including phenoxy) is 1. The number of hydrogen-bond donors (Lipinski definition) is 1. The van der Waals surface area contributed by atoms with Gasteiger partial charge in [-0.15, -0.1) is 0 Å². The Balaban J connectivity index is 1.64. The molecule has 1 aromatic carbocycles. The molecule has 0 spiro atoms. The minimum Gasteiger partial charge on any atom is -0.431 e. The molecule has 1 N–H and O–H groups in total. The van der Waals surface area contributed by atoms with Crippen LogP contribution in [0.4, 0.5) is 0 Å². The first-order valence-corrected chi connectivity index (χ1v) is 7.59. The van der Waals surface area contributed by atoms with Gasteiger partial charge in [-0.3, -0.25) is 0 Å². The molecule has 1 saturated heterocycles. The van der Waals surface area contributed by atoms with Crippen LogP contribution >= 0.6 is 11.8 Å². The van der Waals surface area contributed by atoms with Crippen molar-refractivity contribution in [2.24, 2.45) is 5.92 Å². The highest BCUT2D eigenvalue weighted by Crippen LogP contribution is 2.26. The molecule has 2 unspecified atom stereocenters. The van der Waals surface area contributed by atoms with Gasteiger partial charge in [0.05, 0.1) is 6.61 Å². The Morgan fingerprint density at radius 2 is 2.37 bits per heavy atom. The van der Waals surface area contributed by atoms with Crippen molar-refractivity contribution in [1.82, 2.24) is 10.3 Å². The molecular weight excluding hydrogens is 260 g/mol. The molecular formula is C14H18N2O2S. The molecule has 0 bridgehead atoms. The average Bonchev–Trinajstić information content (AvgIpc) is 3.08. The highest BCUT2D eigenvalue weighted by atomic mass is 32.2. The predicted octanol–water partition coefficient (Wildman–Crippen LogP) is 2.54. The maximum atomic E-state index is 5.72. The van der Waals surface area contributed by atoms with E-state index < -0.39 is 0 Å². The number of nitrogens with zero attached hydrogens (tertiary/aromatic N) is 1. The van der Waals surface area contributed by atoms with E-state index in [1.807, 2.05) is 31.3 Å². The number of para-hydroxylation sites is 2. The standard InChI is InChI=1S/C14H18N2O2S/c1-15-12(10-6-7-17-8-10)9-19-14-16-11-4-2-3-5-13(11)18-14/h2-5,10,12,15H,6-9H2,1H3. The van der Waals surface area contributed by atoms with Crippen LogP contribution in [0.3, 0.4) is 0 Å². The maximum absolute atomic E-state index is 5.72. The second-order valence-corrected chi connectivity index (χ2v) is 5.75. The van der Waals surface area contributed by atoms with Gasteiger partial charge in [-0.05, 0) is 25.6 Å². The van der Waals surface area contributed by atoms with E-state index >= 15 is 0 Å². The van der Waals surface area contributed by atoms with E-state index in [9.17, 15) is 0 Å². The largest absolute Gasteiger partial charge is 0.431 e. The van der Waals surface area contributed by atoms with Gasteiger partial charge in [0.2, 0.25) is 0 Å². The van der Waals surface area contributed by atoms with Crippen LogP contribution in [-0.4, -0.2) is 37.0 Å². The predicted molar refractivity (Wildman–Crippen MR) is 76.5 cm³/mol. The lowest BCUT2D eigenvalue weighted by molar-refractivity contribution is 0.179. The molecule has 2 aromatic rings. The van der Waals surface area contributed by atoms with Crippen molar-refractivity contribution >= 4 is 22.9 Å². The Kier molecular flexibility index (Phi) is 4.06. The monoisotopic (exact) mass is 278 g/mol. The Bertz CT molecular complexity index is 504. The minimum atomic E-state index is 0.447. The lowest BCUT2D eigenvalue weighted by atomic mass is 10.0. The molecule has 0 saturated carbocycles. The molecule has 2 atom stereocenters. The van der Waals surface area contributed by atoms with E-state index in [1.54, 1.807) is 11.8 Å². The van der Waals surface area contributed by atoms with Crippen molar-refractivity contribution in [3.63, 3.8) is 0 Å². The number of rotatable bonds is 5. The second-order valence-electron chi connectivity index (χ2n) is 4.78. The van der Waals surface area contributed by atoms with E-state index in [1.165, 1.54) is 0 Å². The van der Waals surface area contributed by atoms with Crippen LogP contribution in [0.2, 0.25) is 0 Å². The van der Waals surface area contributed by atoms with Crippen LogP contribution in [0.1, 0.15) is 6.42 Å². The Labute approximate surface area is 116 Å². The zero-order valence-corrected chi connectivity index (χ0v) is 11.8. The van der Waals surface area contributed by atoms with Gasteiger partial charge >= 0.3 is 0 Å². The van der Waals surface area contributed by atoms with E-state index in [4.69, 9.17) is 9.15 Å². The first-order valence-electron chi connectivity index (χ1n) is 6.60. The SMILES string of the molecule is CNC(CSc1nc2ccccc2o1)C1CCOC1. The number of aromatic nitrogens is 1. The highest BCUT2D eigenvalue weighted by Gasteiger charge is 2.25. The summed E-state index contributed by atoms with van der Waals surface area (Å²) in [6.45, 7) is 1.75. The number of benzene rings is 1. The number of thioether (sulfide) groups is 1. The summed E-state index contributed by atoms with van der Waals surface area (Å²) in [5.74, 6) is 1.55. The molecule has 102 valence electrons. The van der Waals surface area contributed by atoms with Crippen LogP contribution in [0, 0.1) is 5.92 Å². The quantitative estimate of drug-likeness (QED) is 0.852. The van der Waals surface area contributed by atoms with Gasteiger partial charge in [0, 0.05) is 24.3 Å². The van der Waals surface area contributed by atoms with Gasteiger partial charge in [-0.25, -0.2) is 4.98 Å². The van der Waals surface area contributed by atoms with Crippen molar-refractivity contribution in [2.45, 2.75) is 17.7 Å². The fourth-order valence-electron chi connectivity index (χ4n) is 2.40.